The second-order valence-electron chi connectivity index (χ2n) is 3.62. The molecule has 5 heteroatoms. The third-order valence-corrected chi connectivity index (χ3v) is 3.99. The maximum absolute atomic E-state index is 10.8. The fourth-order valence-corrected chi connectivity index (χ4v) is 2.78. The molecule has 1 saturated heterocycles. The lowest BCUT2D eigenvalue weighted by Crippen LogP contribution is -2.52. The lowest BCUT2D eigenvalue weighted by molar-refractivity contribution is 0.157. The summed E-state index contributed by atoms with van der Waals surface area (Å²) in [5.41, 5.74) is 0. The molecule has 1 atom stereocenters. The van der Waals surface area contributed by atoms with E-state index in [2.05, 4.69) is 5.32 Å². The van der Waals surface area contributed by atoms with Gasteiger partial charge in [-0.3, -0.25) is 0 Å². The lowest BCUT2D eigenvalue weighted by Gasteiger charge is -2.27. The van der Waals surface area contributed by atoms with Crippen molar-refractivity contribution >= 4 is 9.84 Å². The largest absolute Gasteiger partial charge is 0.392 e. The van der Waals surface area contributed by atoms with Crippen LogP contribution >= 0.6 is 0 Å². The van der Waals surface area contributed by atoms with Gasteiger partial charge in [0.15, 0.2) is 9.84 Å². The van der Waals surface area contributed by atoms with Crippen LogP contribution in [0.4, 0.5) is 0 Å². The molecule has 0 aliphatic carbocycles. The van der Waals surface area contributed by atoms with Crippen LogP contribution in [0.25, 0.3) is 0 Å². The zero-order valence-electron chi connectivity index (χ0n) is 7.86. The summed E-state index contributed by atoms with van der Waals surface area (Å²) in [5, 5.41) is 12.4. The average molecular weight is 207 g/mol. The topological polar surface area (TPSA) is 66.4 Å². The maximum atomic E-state index is 10.8. The van der Waals surface area contributed by atoms with Gasteiger partial charge in [0, 0.05) is 12.6 Å². The van der Waals surface area contributed by atoms with E-state index in [9.17, 15) is 13.5 Å². The number of hydrogen-bond acceptors (Lipinski definition) is 4. The standard InChI is InChI=1S/C8H17NO3S/c1-2-3-8(10)4-9-7-5-13(11,12)6-7/h7-10H,2-6H2,1H3. The molecular weight excluding hydrogens is 190 g/mol. The van der Waals surface area contributed by atoms with Crippen molar-refractivity contribution in [2.45, 2.75) is 31.9 Å². The van der Waals surface area contributed by atoms with Gasteiger partial charge in [0.05, 0.1) is 17.6 Å². The Bertz CT molecular complexity index is 238. The molecule has 2 N–H and O–H groups in total. The second kappa shape index (κ2) is 4.39. The Kier molecular flexibility index (Phi) is 3.70. The van der Waals surface area contributed by atoms with Gasteiger partial charge in [-0.05, 0) is 6.42 Å². The number of sulfone groups is 1. The highest BCUT2D eigenvalue weighted by atomic mass is 32.2. The first-order chi connectivity index (χ1) is 6.03. The fraction of sp³-hybridized carbons (Fsp3) is 1.00. The molecule has 0 aromatic heterocycles. The molecule has 1 fully saturated rings. The first kappa shape index (κ1) is 10.9. The van der Waals surface area contributed by atoms with Crippen LogP contribution in [0, 0.1) is 0 Å². The predicted molar refractivity (Wildman–Crippen MR) is 51.4 cm³/mol. The summed E-state index contributed by atoms with van der Waals surface area (Å²) < 4.78 is 21.5. The van der Waals surface area contributed by atoms with E-state index in [0.717, 1.165) is 12.8 Å². The second-order valence-corrected chi connectivity index (χ2v) is 5.78. The van der Waals surface area contributed by atoms with Crippen molar-refractivity contribution in [3.05, 3.63) is 0 Å². The van der Waals surface area contributed by atoms with Gasteiger partial charge >= 0.3 is 0 Å². The highest BCUT2D eigenvalue weighted by molar-refractivity contribution is 7.92. The third kappa shape index (κ3) is 3.62. The summed E-state index contributed by atoms with van der Waals surface area (Å²) in [6.07, 6.45) is 1.38. The van der Waals surface area contributed by atoms with E-state index in [4.69, 9.17) is 0 Å². The van der Waals surface area contributed by atoms with Crippen molar-refractivity contribution in [2.24, 2.45) is 0 Å². The van der Waals surface area contributed by atoms with Gasteiger partial charge in [-0.1, -0.05) is 13.3 Å². The lowest BCUT2D eigenvalue weighted by atomic mass is 10.2. The van der Waals surface area contributed by atoms with E-state index in [0.29, 0.717) is 6.54 Å². The molecule has 4 nitrogen and oxygen atoms in total. The van der Waals surface area contributed by atoms with Crippen LogP contribution in [0.5, 0.6) is 0 Å². The van der Waals surface area contributed by atoms with E-state index in [1.54, 1.807) is 0 Å². The summed E-state index contributed by atoms with van der Waals surface area (Å²) in [6.45, 7) is 2.52. The fourth-order valence-electron chi connectivity index (χ4n) is 1.42. The minimum absolute atomic E-state index is 0.0662. The number of aliphatic hydroxyl groups is 1. The van der Waals surface area contributed by atoms with Crippen molar-refractivity contribution in [1.29, 1.82) is 0 Å². The maximum Gasteiger partial charge on any atom is 0.153 e. The van der Waals surface area contributed by atoms with Crippen LogP contribution < -0.4 is 5.32 Å². The van der Waals surface area contributed by atoms with Gasteiger partial charge in [-0.25, -0.2) is 8.42 Å². The van der Waals surface area contributed by atoms with E-state index in [1.807, 2.05) is 6.92 Å². The van der Waals surface area contributed by atoms with Crippen molar-refractivity contribution in [3.63, 3.8) is 0 Å². The SMILES string of the molecule is CCCC(O)CNC1CS(=O)(=O)C1. The highest BCUT2D eigenvalue weighted by Crippen LogP contribution is 2.10. The molecule has 1 heterocycles. The summed E-state index contributed by atoms with van der Waals surface area (Å²) in [5.74, 6) is 0.456. The Balaban J connectivity index is 2.08. The Morgan fingerprint density at radius 3 is 2.62 bits per heavy atom. The first-order valence-corrected chi connectivity index (χ1v) is 6.47. The van der Waals surface area contributed by atoms with Gasteiger partial charge in [0.1, 0.15) is 0 Å². The molecule has 0 radical (unpaired) electrons. The Morgan fingerprint density at radius 2 is 2.15 bits per heavy atom. The van der Waals surface area contributed by atoms with E-state index in [-0.39, 0.29) is 23.7 Å². The molecule has 1 rings (SSSR count). The van der Waals surface area contributed by atoms with Crippen LogP contribution in [-0.4, -0.2) is 43.7 Å². The number of rotatable bonds is 5. The van der Waals surface area contributed by atoms with E-state index < -0.39 is 9.84 Å². The molecule has 13 heavy (non-hydrogen) atoms. The molecule has 0 aromatic rings. The summed E-state index contributed by atoms with van der Waals surface area (Å²) >= 11 is 0. The molecule has 0 bridgehead atoms. The Morgan fingerprint density at radius 1 is 1.54 bits per heavy atom. The Labute approximate surface area is 79.3 Å². The number of hydrogen-bond donors (Lipinski definition) is 2. The van der Waals surface area contributed by atoms with Crippen LogP contribution in [-0.2, 0) is 9.84 Å². The molecule has 0 spiro atoms. The van der Waals surface area contributed by atoms with Crippen molar-refractivity contribution in [3.8, 4) is 0 Å². The normalized spacial score (nSPS) is 23.8. The quantitative estimate of drug-likeness (QED) is 0.640. The van der Waals surface area contributed by atoms with Crippen molar-refractivity contribution < 1.29 is 13.5 Å². The van der Waals surface area contributed by atoms with Gasteiger partial charge in [0.25, 0.3) is 0 Å². The molecule has 0 amide bonds. The average Bonchev–Trinajstić information content (AvgIpc) is 1.97. The molecular formula is C8H17NO3S. The van der Waals surface area contributed by atoms with Crippen LogP contribution in [0.1, 0.15) is 19.8 Å². The molecule has 0 saturated carbocycles. The number of nitrogens with one attached hydrogen (secondary N) is 1. The van der Waals surface area contributed by atoms with Crippen molar-refractivity contribution in [2.75, 3.05) is 18.1 Å². The molecule has 0 aromatic carbocycles. The summed E-state index contributed by atoms with van der Waals surface area (Å²) in [4.78, 5) is 0. The zero-order chi connectivity index (χ0) is 9.90. The zero-order valence-corrected chi connectivity index (χ0v) is 8.68. The van der Waals surface area contributed by atoms with E-state index in [1.165, 1.54) is 0 Å². The first-order valence-electron chi connectivity index (χ1n) is 4.65. The van der Waals surface area contributed by atoms with Gasteiger partial charge < -0.3 is 10.4 Å². The van der Waals surface area contributed by atoms with Gasteiger partial charge in [-0.15, -0.1) is 0 Å². The van der Waals surface area contributed by atoms with E-state index >= 15 is 0 Å². The molecule has 1 aliphatic rings. The molecule has 1 unspecified atom stereocenters. The molecule has 78 valence electrons. The van der Waals surface area contributed by atoms with Gasteiger partial charge in [-0.2, -0.15) is 0 Å². The van der Waals surface area contributed by atoms with Crippen molar-refractivity contribution in [1.82, 2.24) is 5.32 Å². The minimum atomic E-state index is -2.73. The van der Waals surface area contributed by atoms with Gasteiger partial charge in [0.2, 0.25) is 0 Å². The van der Waals surface area contributed by atoms with Crippen LogP contribution in [0.3, 0.4) is 0 Å². The predicted octanol–water partition coefficient (Wildman–Crippen LogP) is -0.466. The molecule has 1 aliphatic heterocycles. The minimum Gasteiger partial charge on any atom is -0.392 e. The van der Waals surface area contributed by atoms with Crippen LogP contribution in [0.15, 0.2) is 0 Å². The number of aliphatic hydroxyl groups excluding tert-OH is 1. The monoisotopic (exact) mass is 207 g/mol. The smallest absolute Gasteiger partial charge is 0.153 e. The van der Waals surface area contributed by atoms with Crippen LogP contribution in [0.2, 0.25) is 0 Å². The Hall–Kier alpha value is -0.130. The summed E-state index contributed by atoms with van der Waals surface area (Å²) in [7, 11) is -2.73. The summed E-state index contributed by atoms with van der Waals surface area (Å²) in [6, 6.07) is 0.0662. The highest BCUT2D eigenvalue weighted by Gasteiger charge is 2.32. The third-order valence-electron chi connectivity index (χ3n) is 2.17.